The number of hydrogen-bond acceptors (Lipinski definition) is 9. The van der Waals surface area contributed by atoms with E-state index in [4.69, 9.17) is 4.74 Å². The van der Waals surface area contributed by atoms with Crippen molar-refractivity contribution in [2.45, 2.75) is 83.9 Å². The van der Waals surface area contributed by atoms with E-state index in [1.165, 1.54) is 63.7 Å². The van der Waals surface area contributed by atoms with Gasteiger partial charge in [-0.2, -0.15) is 0 Å². The highest BCUT2D eigenvalue weighted by Crippen LogP contribution is 2.56. The molecule has 0 bridgehead atoms. The predicted octanol–water partition coefficient (Wildman–Crippen LogP) is 2.23. The van der Waals surface area contributed by atoms with E-state index in [9.17, 15) is 43.0 Å². The molecule has 16 nitrogen and oxygen atoms in total. The molecular weight excluding hydrogens is 779 g/mol. The molecule has 0 saturated carbocycles. The number of rotatable bonds is 16. The van der Waals surface area contributed by atoms with Gasteiger partial charge < -0.3 is 40.7 Å². The molecule has 59 heavy (non-hydrogen) atoms. The lowest BCUT2D eigenvalue weighted by atomic mass is 9.79. The summed E-state index contributed by atoms with van der Waals surface area (Å²) in [5.74, 6) is -2.81. The monoisotopic (exact) mass is 830 g/mol. The molecule has 0 unspecified atom stereocenters. The SMILES string of the molecule is CC(=O)NCCCC[C@H](NC(C)=O)C(=O)N(C)c1ccc2c(c1)P(=O)(O)c1cc(N(C)C(=O)[C@H](CCCCNC(C)=O)NC(C)=O)ccc1C21OC(=O)c2ccccc21. The number of likely N-dealkylation sites (N-methyl/N-ethyl adjacent to an activating group) is 2. The molecular formula is C42H51N6O10P. The average molecular weight is 831 g/mol. The summed E-state index contributed by atoms with van der Waals surface area (Å²) in [5.41, 5.74) is -0.0664. The zero-order valence-electron chi connectivity index (χ0n) is 34.0. The molecule has 0 saturated heterocycles. The van der Waals surface area contributed by atoms with Crippen molar-refractivity contribution in [1.82, 2.24) is 21.3 Å². The number of carbonyl (C=O) groups is 7. The van der Waals surface area contributed by atoms with Crippen LogP contribution in [0.5, 0.6) is 0 Å². The molecule has 5 N–H and O–H groups in total. The Bertz CT molecular complexity index is 2110. The zero-order chi connectivity index (χ0) is 43.2. The number of unbranched alkanes of at least 4 members (excludes halogenated alkanes) is 2. The fourth-order valence-corrected chi connectivity index (χ4v) is 9.64. The minimum absolute atomic E-state index is 0.0977. The molecule has 0 fully saturated rings. The molecule has 1 spiro atoms. The van der Waals surface area contributed by atoms with Crippen LogP contribution in [-0.2, 0) is 43.7 Å². The van der Waals surface area contributed by atoms with Crippen LogP contribution in [0.2, 0.25) is 0 Å². The third-order valence-corrected chi connectivity index (χ3v) is 12.6. The molecule has 2 atom stereocenters. The lowest BCUT2D eigenvalue weighted by Gasteiger charge is -2.39. The van der Waals surface area contributed by atoms with Gasteiger partial charge in [-0.15, -0.1) is 0 Å². The molecule has 2 aliphatic heterocycles. The van der Waals surface area contributed by atoms with E-state index in [0.717, 1.165) is 0 Å². The molecule has 6 amide bonds. The zero-order valence-corrected chi connectivity index (χ0v) is 34.9. The van der Waals surface area contributed by atoms with Crippen molar-refractivity contribution in [2.75, 3.05) is 37.0 Å². The van der Waals surface area contributed by atoms with Crippen LogP contribution >= 0.6 is 7.37 Å². The molecule has 17 heteroatoms. The van der Waals surface area contributed by atoms with Crippen molar-refractivity contribution in [3.05, 3.63) is 82.9 Å². The van der Waals surface area contributed by atoms with Crippen LogP contribution in [0.25, 0.3) is 0 Å². The van der Waals surface area contributed by atoms with Crippen LogP contribution in [0.15, 0.2) is 60.7 Å². The largest absolute Gasteiger partial charge is 0.441 e. The molecule has 2 aliphatic rings. The molecule has 3 aromatic carbocycles. The van der Waals surface area contributed by atoms with E-state index in [-0.39, 0.29) is 63.3 Å². The summed E-state index contributed by atoms with van der Waals surface area (Å²) < 4.78 is 21.2. The van der Waals surface area contributed by atoms with Gasteiger partial charge in [0.25, 0.3) is 7.37 Å². The first-order chi connectivity index (χ1) is 27.9. The first kappa shape index (κ1) is 44.2. The topological polar surface area (TPSA) is 221 Å². The summed E-state index contributed by atoms with van der Waals surface area (Å²) in [5, 5.41) is 10.6. The standard InChI is InChI=1S/C42H51N6O10P/c1-25(49)43-21-11-9-15-35(45-27(3)51)39(53)47(5)29-17-19-33-37(23-29)59(56,57)38-24-30(18-20-34(38)42(33)32-14-8-7-13-31(32)41(55)58-42)48(6)40(54)36(46-28(4)52)16-10-12-22-44-26(2)50/h7-8,13-14,17-20,23-24,35-36H,9-12,15-16,21-22H2,1-6H3,(H,43,49)(H,44,50)(H,45,51)(H,46,52)(H,56,57)/t35-,36-/m0/s1. The van der Waals surface area contributed by atoms with Crippen molar-refractivity contribution in [2.24, 2.45) is 0 Å². The Hall–Kier alpha value is -5.86. The Labute approximate surface area is 342 Å². The van der Waals surface area contributed by atoms with Crippen molar-refractivity contribution >= 4 is 70.8 Å². The summed E-state index contributed by atoms with van der Waals surface area (Å²) in [6.45, 7) is 6.22. The molecule has 314 valence electrons. The Morgan fingerprint density at radius 1 is 0.661 bits per heavy atom. The average Bonchev–Trinajstić information content (AvgIpc) is 3.49. The van der Waals surface area contributed by atoms with Gasteiger partial charge in [0.1, 0.15) is 12.1 Å². The number of fused-ring (bicyclic) bond motifs is 6. The number of carbonyl (C=O) groups excluding carboxylic acids is 7. The van der Waals surface area contributed by atoms with Crippen LogP contribution in [0.1, 0.15) is 93.3 Å². The van der Waals surface area contributed by atoms with Gasteiger partial charge in [-0.1, -0.05) is 30.3 Å². The van der Waals surface area contributed by atoms with Crippen molar-refractivity contribution in [1.29, 1.82) is 0 Å². The van der Waals surface area contributed by atoms with Gasteiger partial charge in [0.05, 0.1) is 16.2 Å². The summed E-state index contributed by atoms with van der Waals surface area (Å²) >= 11 is 0. The Morgan fingerprint density at radius 2 is 1.10 bits per heavy atom. The fourth-order valence-electron chi connectivity index (χ4n) is 7.65. The summed E-state index contributed by atoms with van der Waals surface area (Å²) in [6, 6.07) is 14.0. The highest BCUT2D eigenvalue weighted by molar-refractivity contribution is 7.73. The first-order valence-electron chi connectivity index (χ1n) is 19.4. The number of ether oxygens (including phenoxy) is 1. The van der Waals surface area contributed by atoms with Gasteiger partial charge in [-0.25, -0.2) is 4.79 Å². The molecule has 0 radical (unpaired) electrons. The van der Waals surface area contributed by atoms with E-state index in [1.807, 2.05) is 0 Å². The van der Waals surface area contributed by atoms with E-state index in [1.54, 1.807) is 48.5 Å². The highest BCUT2D eigenvalue weighted by atomic mass is 31.2. The van der Waals surface area contributed by atoms with Crippen LogP contribution in [0, 0.1) is 0 Å². The molecule has 0 aliphatic carbocycles. The third kappa shape index (κ3) is 9.39. The molecule has 2 heterocycles. The van der Waals surface area contributed by atoms with Gasteiger partial charge >= 0.3 is 5.97 Å². The number of benzene rings is 3. The second-order valence-corrected chi connectivity index (χ2v) is 17.0. The summed E-state index contributed by atoms with van der Waals surface area (Å²) in [6.07, 6.45) is 2.69. The van der Waals surface area contributed by atoms with Crippen LogP contribution in [0.4, 0.5) is 11.4 Å². The number of hydrogen-bond donors (Lipinski definition) is 5. The maximum absolute atomic E-state index is 15.0. The number of amides is 6. The predicted molar refractivity (Wildman–Crippen MR) is 221 cm³/mol. The van der Waals surface area contributed by atoms with Gasteiger partial charge in [0.2, 0.25) is 35.4 Å². The number of anilines is 2. The lowest BCUT2D eigenvalue weighted by molar-refractivity contribution is -0.126. The van der Waals surface area contributed by atoms with E-state index in [0.29, 0.717) is 44.3 Å². The second-order valence-electron chi connectivity index (χ2n) is 14.9. The maximum atomic E-state index is 15.0. The minimum Gasteiger partial charge on any atom is -0.441 e. The van der Waals surface area contributed by atoms with Gasteiger partial charge in [-0.3, -0.25) is 33.3 Å². The normalized spacial score (nSPS) is 18.3. The Balaban J connectivity index is 1.55. The first-order valence-corrected chi connectivity index (χ1v) is 21.1. The van der Waals surface area contributed by atoms with Crippen molar-refractivity contribution < 1.29 is 47.8 Å². The van der Waals surface area contributed by atoms with Crippen molar-refractivity contribution in [3.8, 4) is 0 Å². The summed E-state index contributed by atoms with van der Waals surface area (Å²) in [7, 11) is -1.63. The minimum atomic E-state index is -4.61. The smallest absolute Gasteiger partial charge is 0.340 e. The lowest BCUT2D eigenvalue weighted by Crippen LogP contribution is -2.48. The maximum Gasteiger partial charge on any atom is 0.340 e. The highest BCUT2D eigenvalue weighted by Gasteiger charge is 2.56. The molecule has 3 aromatic rings. The van der Waals surface area contributed by atoms with Gasteiger partial charge in [0, 0.05) is 82.9 Å². The third-order valence-electron chi connectivity index (χ3n) is 10.5. The van der Waals surface area contributed by atoms with Gasteiger partial charge in [0.15, 0.2) is 5.60 Å². The Morgan fingerprint density at radius 3 is 1.53 bits per heavy atom. The molecule has 5 rings (SSSR count). The van der Waals surface area contributed by atoms with E-state index in [2.05, 4.69) is 21.3 Å². The van der Waals surface area contributed by atoms with E-state index < -0.39 is 54.7 Å². The molecule has 0 aromatic heterocycles. The van der Waals surface area contributed by atoms with Gasteiger partial charge in [-0.05, 0) is 68.9 Å². The number of nitrogens with zero attached hydrogens (tertiary/aromatic N) is 2. The number of esters is 1. The van der Waals surface area contributed by atoms with Crippen molar-refractivity contribution in [3.63, 3.8) is 0 Å². The Kier molecular flexibility index (Phi) is 13.8. The van der Waals surface area contributed by atoms with Crippen LogP contribution in [0.3, 0.4) is 0 Å². The fraction of sp³-hybridized carbons (Fsp3) is 0.405. The van der Waals surface area contributed by atoms with E-state index >= 15 is 0 Å². The summed E-state index contributed by atoms with van der Waals surface area (Å²) in [4.78, 5) is 103. The van der Waals surface area contributed by atoms with Crippen LogP contribution < -0.4 is 41.7 Å². The second kappa shape index (κ2) is 18.4. The number of nitrogens with one attached hydrogen (secondary N) is 4. The van der Waals surface area contributed by atoms with Crippen LogP contribution in [-0.4, -0.2) is 85.6 Å². The quantitative estimate of drug-likeness (QED) is 0.0805.